The van der Waals surface area contributed by atoms with Crippen LogP contribution in [0.3, 0.4) is 0 Å². The van der Waals surface area contributed by atoms with Gasteiger partial charge in [0.15, 0.2) is 5.03 Å². The van der Waals surface area contributed by atoms with Crippen LogP contribution in [0, 0.1) is 21.4 Å². The molecule has 5 heterocycles. The lowest BCUT2D eigenvalue weighted by Gasteiger charge is -2.57. The Balaban J connectivity index is 0.898. The molecular formula is C48H57N7O8S2. The normalized spacial score (nSPS) is 22.8. The first kappa shape index (κ1) is 45.1. The Morgan fingerprint density at radius 2 is 1.82 bits per heavy atom. The number of morpholine rings is 1. The Hall–Kier alpha value is -5.07. The molecule has 5 aromatic rings. The summed E-state index contributed by atoms with van der Waals surface area (Å²) in [4.78, 5) is 41.6. The minimum atomic E-state index is -4.61. The first-order valence-corrected chi connectivity index (χ1v) is 25.1. The van der Waals surface area contributed by atoms with Gasteiger partial charge in [-0.3, -0.25) is 19.8 Å². The van der Waals surface area contributed by atoms with E-state index in [1.165, 1.54) is 29.1 Å². The number of pyridine rings is 2. The molecule has 4 fully saturated rings. The molecular weight excluding hydrogens is 867 g/mol. The van der Waals surface area contributed by atoms with E-state index < -0.39 is 37.0 Å². The van der Waals surface area contributed by atoms with Gasteiger partial charge in [0, 0.05) is 67.0 Å². The number of aromatic nitrogens is 3. The van der Waals surface area contributed by atoms with Crippen LogP contribution in [0.1, 0.15) is 106 Å². The highest BCUT2D eigenvalue weighted by atomic mass is 32.2. The Bertz CT molecular complexity index is 2660. The van der Waals surface area contributed by atoms with Crippen molar-refractivity contribution in [1.29, 1.82) is 0 Å². The minimum Gasteiger partial charge on any atom is -0.455 e. The summed E-state index contributed by atoms with van der Waals surface area (Å²) in [6, 6.07) is 19.2. The van der Waals surface area contributed by atoms with Gasteiger partial charge in [-0.1, -0.05) is 49.9 Å². The second-order valence-electron chi connectivity index (χ2n) is 19.0. The number of fused-ring (bicyclic) bond motifs is 1. The van der Waals surface area contributed by atoms with Gasteiger partial charge in [0.05, 0.1) is 41.5 Å². The molecule has 0 radical (unpaired) electrons. The van der Waals surface area contributed by atoms with Gasteiger partial charge in [-0.2, -0.15) is 0 Å². The first-order valence-electron chi connectivity index (χ1n) is 22.6. The Kier molecular flexibility index (Phi) is 12.7. The number of sulfonamides is 1. The Labute approximate surface area is 383 Å². The largest absolute Gasteiger partial charge is 0.455 e. The van der Waals surface area contributed by atoms with Crippen molar-refractivity contribution in [2.45, 2.75) is 106 Å². The number of H-pyrrole nitrogens is 1. The van der Waals surface area contributed by atoms with Crippen molar-refractivity contribution in [2.75, 3.05) is 43.5 Å². The van der Waals surface area contributed by atoms with E-state index >= 15 is 0 Å². The quantitative estimate of drug-likeness (QED) is 0.0577. The number of carbonyl (C=O) groups is 1. The molecule has 2 aliphatic carbocycles. The van der Waals surface area contributed by atoms with Crippen LogP contribution in [0.25, 0.3) is 11.0 Å². The van der Waals surface area contributed by atoms with E-state index in [-0.39, 0.29) is 33.7 Å². The smallest absolute Gasteiger partial charge is 0.302 e. The molecule has 0 bridgehead atoms. The van der Waals surface area contributed by atoms with Gasteiger partial charge in [-0.25, -0.2) is 23.1 Å². The van der Waals surface area contributed by atoms with Crippen molar-refractivity contribution in [3.63, 3.8) is 0 Å². The van der Waals surface area contributed by atoms with Crippen molar-refractivity contribution in [3.05, 3.63) is 106 Å². The fourth-order valence-electron chi connectivity index (χ4n) is 10.3. The topological polar surface area (TPSA) is 193 Å². The number of benzene rings is 2. The van der Waals surface area contributed by atoms with E-state index in [2.05, 4.69) is 67.6 Å². The maximum Gasteiger partial charge on any atom is 0.302 e. The molecule has 1 spiro atoms. The van der Waals surface area contributed by atoms with Crippen molar-refractivity contribution in [1.82, 2.24) is 24.6 Å². The molecule has 15 nitrogen and oxygen atoms in total. The number of hydrogen-bond acceptors (Lipinski definition) is 13. The fourth-order valence-corrected chi connectivity index (χ4v) is 12.3. The summed E-state index contributed by atoms with van der Waals surface area (Å²) in [6.07, 6.45) is 11.5. The summed E-state index contributed by atoms with van der Waals surface area (Å²) in [7, 11) is -4.61. The van der Waals surface area contributed by atoms with Crippen molar-refractivity contribution < 1.29 is 32.7 Å². The summed E-state index contributed by atoms with van der Waals surface area (Å²) in [6.45, 7) is 10.3. The van der Waals surface area contributed by atoms with E-state index in [1.54, 1.807) is 30.5 Å². The third kappa shape index (κ3) is 9.75. The molecule has 4 aliphatic rings. The standard InChI is InChI=1S/C48H57N7O8S2/c1-31(2)38-6-4-5-7-39(38)42-29-62-21-20-54(42)35-25-48(26-35)15-18-53(19-16-48)34-8-9-40(43(23-34)63-36-22-33-12-17-49-44(33)50-27-36)45(56)52-65(60,61)37-24-41(55(58)59)46(51-28-37)64-30-32-10-13-47(3,57)14-11-32/h4-9,12,17,22-24,27-28,31-32,35,42,57H,10-11,13-16,18-21,25-26,29-30H2,1-3H3,(H,49,50)(H,52,56)/t32?,42-,47?/m0/s1. The van der Waals surface area contributed by atoms with Crippen LogP contribution in [0.15, 0.2) is 89.2 Å². The second kappa shape index (κ2) is 18.3. The van der Waals surface area contributed by atoms with E-state index in [4.69, 9.17) is 9.47 Å². The molecule has 3 N–H and O–H groups in total. The summed E-state index contributed by atoms with van der Waals surface area (Å²) >= 11 is 1.19. The second-order valence-corrected chi connectivity index (χ2v) is 21.7. The molecule has 9 rings (SSSR count). The minimum absolute atomic E-state index is 0.0398. The summed E-state index contributed by atoms with van der Waals surface area (Å²) in [5.41, 5.74) is 3.31. The third-order valence-electron chi connectivity index (χ3n) is 14.1. The SMILES string of the molecule is CC(C)c1ccccc1[C@@H]1COCCN1C1CC2(CCN(c3ccc(C(=O)NS(=O)(=O)c4cnc(SCC5CCC(C)(O)CC5)c([N+](=O)[O-])c4)c(Oc4cnc5[nH]ccc5c4)c3)CC2)C1. The number of hydrogen-bond donors (Lipinski definition) is 3. The number of piperidine rings is 1. The Morgan fingerprint density at radius 3 is 2.57 bits per heavy atom. The maximum atomic E-state index is 14.0. The van der Waals surface area contributed by atoms with Crippen LogP contribution < -0.4 is 14.4 Å². The number of thioether (sulfide) groups is 1. The zero-order chi connectivity index (χ0) is 45.5. The molecule has 2 saturated carbocycles. The number of ether oxygens (including phenoxy) is 2. The van der Waals surface area contributed by atoms with E-state index in [0.717, 1.165) is 88.1 Å². The molecule has 1 atom stereocenters. The lowest BCUT2D eigenvalue weighted by molar-refractivity contribution is -0.388. The summed E-state index contributed by atoms with van der Waals surface area (Å²) < 4.78 is 41.9. The van der Waals surface area contributed by atoms with E-state index in [0.29, 0.717) is 48.6 Å². The van der Waals surface area contributed by atoms with Gasteiger partial charge in [0.2, 0.25) is 0 Å². The Morgan fingerprint density at radius 1 is 1.05 bits per heavy atom. The highest BCUT2D eigenvalue weighted by molar-refractivity contribution is 7.99. The van der Waals surface area contributed by atoms with Gasteiger partial charge in [-0.15, -0.1) is 0 Å². The highest BCUT2D eigenvalue weighted by Crippen LogP contribution is 2.53. The average molecular weight is 924 g/mol. The van der Waals surface area contributed by atoms with Crippen LogP contribution in [0.2, 0.25) is 0 Å². The molecule has 344 valence electrons. The predicted molar refractivity (Wildman–Crippen MR) is 249 cm³/mol. The molecule has 0 unspecified atom stereocenters. The number of nitrogens with zero attached hydrogens (tertiary/aromatic N) is 5. The van der Waals surface area contributed by atoms with E-state index in [9.17, 15) is 28.4 Å². The van der Waals surface area contributed by atoms with Crippen LogP contribution in [0.5, 0.6) is 11.5 Å². The lowest BCUT2D eigenvalue weighted by atomic mass is 9.59. The van der Waals surface area contributed by atoms with Gasteiger partial charge >= 0.3 is 5.69 Å². The lowest BCUT2D eigenvalue weighted by Crippen LogP contribution is -2.58. The highest BCUT2D eigenvalue weighted by Gasteiger charge is 2.50. The van der Waals surface area contributed by atoms with Gasteiger partial charge in [0.1, 0.15) is 22.0 Å². The molecule has 2 aromatic carbocycles. The molecule has 2 saturated heterocycles. The molecule has 1 amide bonds. The number of aromatic amines is 1. The zero-order valence-electron chi connectivity index (χ0n) is 37.1. The maximum absolute atomic E-state index is 14.0. The van der Waals surface area contributed by atoms with Gasteiger partial charge < -0.3 is 24.5 Å². The molecule has 65 heavy (non-hydrogen) atoms. The molecule has 3 aromatic heterocycles. The summed E-state index contributed by atoms with van der Waals surface area (Å²) in [5, 5.41) is 23.3. The summed E-state index contributed by atoms with van der Waals surface area (Å²) in [5.74, 6) is 0.739. The number of anilines is 1. The number of carbonyl (C=O) groups excluding carboxylic acids is 1. The number of aliphatic hydroxyl groups is 1. The number of nitro groups is 1. The average Bonchev–Trinajstić information content (AvgIpc) is 3.76. The van der Waals surface area contributed by atoms with Gasteiger partial charge in [0.25, 0.3) is 15.9 Å². The van der Waals surface area contributed by atoms with Crippen LogP contribution in [-0.4, -0.2) is 94.5 Å². The number of nitrogens with one attached hydrogen (secondary N) is 2. The third-order valence-corrected chi connectivity index (χ3v) is 16.7. The monoisotopic (exact) mass is 923 g/mol. The fraction of sp³-hybridized carbons (Fsp3) is 0.479. The van der Waals surface area contributed by atoms with E-state index in [1.807, 2.05) is 13.0 Å². The van der Waals surface area contributed by atoms with Crippen molar-refractivity contribution >= 4 is 50.1 Å². The molecule has 2 aliphatic heterocycles. The zero-order valence-corrected chi connectivity index (χ0v) is 38.7. The predicted octanol–water partition coefficient (Wildman–Crippen LogP) is 8.76. The van der Waals surface area contributed by atoms with Gasteiger partial charge in [-0.05, 0) is 111 Å². The first-order chi connectivity index (χ1) is 31.2. The van der Waals surface area contributed by atoms with Crippen LogP contribution in [-0.2, 0) is 14.8 Å². The van der Waals surface area contributed by atoms with Crippen molar-refractivity contribution in [3.8, 4) is 11.5 Å². The van der Waals surface area contributed by atoms with Crippen molar-refractivity contribution in [2.24, 2.45) is 11.3 Å². The number of rotatable bonds is 13. The van der Waals surface area contributed by atoms with Crippen LogP contribution in [0.4, 0.5) is 11.4 Å². The van der Waals surface area contributed by atoms with Crippen LogP contribution >= 0.6 is 11.8 Å². The molecule has 17 heteroatoms. The number of amides is 1.